The van der Waals surface area contributed by atoms with E-state index in [2.05, 4.69) is 27.7 Å². The van der Waals surface area contributed by atoms with Gasteiger partial charge >= 0.3 is 0 Å². The lowest BCUT2D eigenvalue weighted by atomic mass is 9.76. The predicted octanol–water partition coefficient (Wildman–Crippen LogP) is 3.59. The first-order chi connectivity index (χ1) is 6.57. The van der Waals surface area contributed by atoms with Gasteiger partial charge in [-0.3, -0.25) is 0 Å². The molecule has 0 saturated heterocycles. The molecule has 1 rings (SSSR count). The fourth-order valence-electron chi connectivity index (χ4n) is 3.37. The highest BCUT2D eigenvalue weighted by molar-refractivity contribution is 4.87. The first kappa shape index (κ1) is 12.0. The van der Waals surface area contributed by atoms with Crippen molar-refractivity contribution in [1.29, 1.82) is 0 Å². The first-order valence-corrected chi connectivity index (χ1v) is 6.06. The average Bonchev–Trinajstić information content (AvgIpc) is 2.48. The zero-order valence-electron chi connectivity index (χ0n) is 10.4. The van der Waals surface area contributed by atoms with Gasteiger partial charge < -0.3 is 4.74 Å². The third-order valence-electron chi connectivity index (χ3n) is 3.92. The highest BCUT2D eigenvalue weighted by Crippen LogP contribution is 2.45. The van der Waals surface area contributed by atoms with Crippen LogP contribution in [0.1, 0.15) is 40.5 Å². The number of ether oxygens (including phenoxy) is 1. The van der Waals surface area contributed by atoms with Gasteiger partial charge in [-0.05, 0) is 42.4 Å². The second-order valence-corrected chi connectivity index (χ2v) is 5.52. The van der Waals surface area contributed by atoms with E-state index in [0.717, 1.165) is 36.2 Å². The van der Waals surface area contributed by atoms with Crippen molar-refractivity contribution < 1.29 is 4.74 Å². The maximum absolute atomic E-state index is 5.33. The Bertz CT molecular complexity index is 163. The van der Waals surface area contributed by atoms with Gasteiger partial charge in [0.2, 0.25) is 0 Å². The van der Waals surface area contributed by atoms with Crippen molar-refractivity contribution in [3.63, 3.8) is 0 Å². The molecule has 0 aromatic heterocycles. The highest BCUT2D eigenvalue weighted by Gasteiger charge is 2.38. The van der Waals surface area contributed by atoms with Crippen LogP contribution in [-0.4, -0.2) is 13.7 Å². The molecular formula is C13H26O. The Morgan fingerprint density at radius 2 is 1.71 bits per heavy atom. The van der Waals surface area contributed by atoms with Gasteiger partial charge in [-0.1, -0.05) is 27.7 Å². The molecule has 0 amide bonds. The van der Waals surface area contributed by atoms with Gasteiger partial charge in [0.25, 0.3) is 0 Å². The van der Waals surface area contributed by atoms with E-state index in [9.17, 15) is 0 Å². The molecule has 3 atom stereocenters. The van der Waals surface area contributed by atoms with Crippen LogP contribution < -0.4 is 0 Å². The molecule has 0 N–H and O–H groups in total. The summed E-state index contributed by atoms with van der Waals surface area (Å²) in [5, 5.41) is 0. The van der Waals surface area contributed by atoms with Crippen LogP contribution in [0.4, 0.5) is 0 Å². The van der Waals surface area contributed by atoms with Gasteiger partial charge in [0, 0.05) is 13.7 Å². The van der Waals surface area contributed by atoms with E-state index in [1.54, 1.807) is 0 Å². The molecule has 0 aromatic carbocycles. The van der Waals surface area contributed by atoms with Crippen LogP contribution in [0, 0.1) is 29.6 Å². The standard InChI is InChI=1S/C13H26O/c1-9(2)12-7-6-11(8-14-5)13(12)10(3)4/h9-13H,6-8H2,1-5H3. The fourth-order valence-corrected chi connectivity index (χ4v) is 3.37. The summed E-state index contributed by atoms with van der Waals surface area (Å²) in [6, 6.07) is 0. The molecule has 84 valence electrons. The van der Waals surface area contributed by atoms with Crippen LogP contribution in [0.25, 0.3) is 0 Å². The summed E-state index contributed by atoms with van der Waals surface area (Å²) in [5.41, 5.74) is 0. The minimum absolute atomic E-state index is 0.810. The Morgan fingerprint density at radius 3 is 2.14 bits per heavy atom. The molecule has 0 spiro atoms. The van der Waals surface area contributed by atoms with Crippen molar-refractivity contribution in [2.24, 2.45) is 29.6 Å². The molecule has 0 bridgehead atoms. The summed E-state index contributed by atoms with van der Waals surface area (Å²) >= 11 is 0. The van der Waals surface area contributed by atoms with Gasteiger partial charge in [0.1, 0.15) is 0 Å². The van der Waals surface area contributed by atoms with Crippen molar-refractivity contribution >= 4 is 0 Å². The predicted molar refractivity (Wildman–Crippen MR) is 61.3 cm³/mol. The molecule has 1 aliphatic carbocycles. The number of hydrogen-bond acceptors (Lipinski definition) is 1. The summed E-state index contributed by atoms with van der Waals surface area (Å²) in [6.07, 6.45) is 2.79. The van der Waals surface area contributed by atoms with Crippen LogP contribution in [0.2, 0.25) is 0 Å². The maximum atomic E-state index is 5.33. The molecule has 1 fully saturated rings. The number of methoxy groups -OCH3 is 1. The van der Waals surface area contributed by atoms with E-state index in [4.69, 9.17) is 4.74 Å². The smallest absolute Gasteiger partial charge is 0.0493 e. The maximum Gasteiger partial charge on any atom is 0.0493 e. The molecule has 1 heteroatoms. The minimum atomic E-state index is 0.810. The lowest BCUT2D eigenvalue weighted by Gasteiger charge is -2.30. The molecule has 0 radical (unpaired) electrons. The Kier molecular flexibility index (Phi) is 4.43. The average molecular weight is 198 g/mol. The van der Waals surface area contributed by atoms with Crippen molar-refractivity contribution in [1.82, 2.24) is 0 Å². The second-order valence-electron chi connectivity index (χ2n) is 5.52. The van der Waals surface area contributed by atoms with Crippen molar-refractivity contribution in [3.8, 4) is 0 Å². The van der Waals surface area contributed by atoms with Gasteiger partial charge in [-0.25, -0.2) is 0 Å². The lowest BCUT2D eigenvalue weighted by Crippen LogP contribution is -2.26. The van der Waals surface area contributed by atoms with Gasteiger partial charge in [0.15, 0.2) is 0 Å². The Hall–Kier alpha value is -0.0400. The van der Waals surface area contributed by atoms with E-state index in [1.165, 1.54) is 12.8 Å². The molecule has 1 saturated carbocycles. The van der Waals surface area contributed by atoms with E-state index in [1.807, 2.05) is 7.11 Å². The van der Waals surface area contributed by atoms with Gasteiger partial charge in [-0.15, -0.1) is 0 Å². The zero-order valence-corrected chi connectivity index (χ0v) is 10.4. The van der Waals surface area contributed by atoms with Crippen molar-refractivity contribution in [3.05, 3.63) is 0 Å². The van der Waals surface area contributed by atoms with Crippen LogP contribution in [0.5, 0.6) is 0 Å². The van der Waals surface area contributed by atoms with Gasteiger partial charge in [-0.2, -0.15) is 0 Å². The molecule has 3 unspecified atom stereocenters. The lowest BCUT2D eigenvalue weighted by molar-refractivity contribution is 0.0965. The van der Waals surface area contributed by atoms with Crippen molar-refractivity contribution in [2.45, 2.75) is 40.5 Å². The number of hydrogen-bond donors (Lipinski definition) is 0. The monoisotopic (exact) mass is 198 g/mol. The van der Waals surface area contributed by atoms with Crippen LogP contribution in [-0.2, 0) is 4.74 Å². The summed E-state index contributed by atoms with van der Waals surface area (Å²) in [5.74, 6) is 4.27. The topological polar surface area (TPSA) is 9.23 Å². The largest absolute Gasteiger partial charge is 0.384 e. The molecule has 1 nitrogen and oxygen atoms in total. The number of rotatable bonds is 4. The Balaban J connectivity index is 2.64. The fraction of sp³-hybridized carbons (Fsp3) is 1.00. The molecule has 0 heterocycles. The zero-order chi connectivity index (χ0) is 10.7. The van der Waals surface area contributed by atoms with Crippen molar-refractivity contribution in [2.75, 3.05) is 13.7 Å². The first-order valence-electron chi connectivity index (χ1n) is 6.06. The molecule has 14 heavy (non-hydrogen) atoms. The third-order valence-corrected chi connectivity index (χ3v) is 3.92. The summed E-state index contributed by atoms with van der Waals surface area (Å²) in [7, 11) is 1.83. The molecule has 1 aliphatic rings. The Morgan fingerprint density at radius 1 is 1.07 bits per heavy atom. The van der Waals surface area contributed by atoms with E-state index < -0.39 is 0 Å². The molecule has 0 aromatic rings. The van der Waals surface area contributed by atoms with Crippen LogP contribution in [0.15, 0.2) is 0 Å². The third kappa shape index (κ3) is 2.50. The quantitative estimate of drug-likeness (QED) is 0.671. The Labute approximate surface area is 89.2 Å². The summed E-state index contributed by atoms with van der Waals surface area (Å²) in [4.78, 5) is 0. The SMILES string of the molecule is COCC1CCC(C(C)C)C1C(C)C. The van der Waals surface area contributed by atoms with E-state index in [-0.39, 0.29) is 0 Å². The minimum Gasteiger partial charge on any atom is -0.384 e. The van der Waals surface area contributed by atoms with Crippen LogP contribution >= 0.6 is 0 Å². The highest BCUT2D eigenvalue weighted by atomic mass is 16.5. The molecular weight excluding hydrogens is 172 g/mol. The second kappa shape index (κ2) is 5.16. The summed E-state index contributed by atoms with van der Waals surface area (Å²) in [6.45, 7) is 10.4. The van der Waals surface area contributed by atoms with Gasteiger partial charge in [0.05, 0.1) is 0 Å². The molecule has 0 aliphatic heterocycles. The normalized spacial score (nSPS) is 33.2. The van der Waals surface area contributed by atoms with Crippen LogP contribution in [0.3, 0.4) is 0 Å². The summed E-state index contributed by atoms with van der Waals surface area (Å²) < 4.78 is 5.33. The van der Waals surface area contributed by atoms with E-state index >= 15 is 0 Å². The van der Waals surface area contributed by atoms with E-state index in [0.29, 0.717) is 0 Å².